The van der Waals surface area contributed by atoms with Gasteiger partial charge in [0.2, 0.25) is 0 Å². The Balaban J connectivity index is 2.11. The molecule has 2 aromatic rings. The Hall–Kier alpha value is -3.19. The second kappa shape index (κ2) is 11.0. The molecule has 29 heavy (non-hydrogen) atoms. The summed E-state index contributed by atoms with van der Waals surface area (Å²) in [5.74, 6) is -1.01. The van der Waals surface area contributed by atoms with Gasteiger partial charge in [-0.3, -0.25) is 4.99 Å². The van der Waals surface area contributed by atoms with Gasteiger partial charge in [-0.1, -0.05) is 44.2 Å². The van der Waals surface area contributed by atoms with Crippen LogP contribution in [0.25, 0.3) is 0 Å². The van der Waals surface area contributed by atoms with Gasteiger partial charge < -0.3 is 15.6 Å². The van der Waals surface area contributed by atoms with Crippen LogP contribution < -0.4 is 10.5 Å². The maximum atomic E-state index is 12.7. The minimum atomic E-state index is -1.57. The Bertz CT molecular complexity index is 964. The average Bonchev–Trinajstić information content (AvgIpc) is 2.71. The van der Waals surface area contributed by atoms with Crippen LogP contribution in [0.4, 0.5) is 17.1 Å². The lowest BCUT2D eigenvalue weighted by Gasteiger charge is -2.08. The van der Waals surface area contributed by atoms with Crippen molar-refractivity contribution in [2.75, 3.05) is 10.5 Å². The number of nitrogens with two attached hydrogens (primary N) is 1. The molecule has 0 saturated carbocycles. The largest absolute Gasteiger partial charge is 0.478 e. The third-order valence-corrected chi connectivity index (χ3v) is 5.14. The lowest BCUT2D eigenvalue weighted by Crippen LogP contribution is -2.08. The fourth-order valence-electron chi connectivity index (χ4n) is 2.43. The topological polar surface area (TPSA) is 105 Å². The van der Waals surface area contributed by atoms with E-state index in [4.69, 9.17) is 5.73 Å². The van der Waals surface area contributed by atoms with E-state index in [0.717, 1.165) is 5.56 Å². The summed E-state index contributed by atoms with van der Waals surface area (Å²) in [6, 6.07) is 14.6. The fourth-order valence-corrected chi connectivity index (χ4v) is 3.46. The molecule has 4 N–H and O–H groups in total. The van der Waals surface area contributed by atoms with Gasteiger partial charge in [-0.2, -0.15) is 0 Å². The van der Waals surface area contributed by atoms with Crippen molar-refractivity contribution in [2.45, 2.75) is 26.7 Å². The molecule has 2 rings (SSSR count). The number of hydrogen-bond donors (Lipinski definition) is 3. The Morgan fingerprint density at radius 1 is 1.17 bits per heavy atom. The van der Waals surface area contributed by atoms with Crippen LogP contribution in [0.15, 0.2) is 76.2 Å². The minimum absolute atomic E-state index is 0.214. The van der Waals surface area contributed by atoms with Crippen LogP contribution in [-0.4, -0.2) is 21.5 Å². The number of aliphatic imine (C=N–C) groups is 1. The maximum absolute atomic E-state index is 12.7. The smallest absolute Gasteiger partial charge is 0.331 e. The number of carboxylic acid groups (broad SMARTS) is 1. The summed E-state index contributed by atoms with van der Waals surface area (Å²) < 4.78 is 15.6. The number of nitrogens with zero attached hydrogens (tertiary/aromatic N) is 1. The molecular weight excluding hydrogens is 386 g/mol. The van der Waals surface area contributed by atoms with Crippen molar-refractivity contribution in [3.8, 4) is 0 Å². The number of rotatable bonds is 9. The van der Waals surface area contributed by atoms with E-state index in [1.165, 1.54) is 6.08 Å². The highest BCUT2D eigenvalue weighted by Gasteiger charge is 2.10. The zero-order valence-electron chi connectivity index (χ0n) is 16.5. The highest BCUT2D eigenvalue weighted by molar-refractivity contribution is 7.90. The molecule has 0 aliphatic heterocycles. The number of benzene rings is 2. The first-order valence-electron chi connectivity index (χ1n) is 9.25. The van der Waals surface area contributed by atoms with Crippen molar-refractivity contribution in [1.29, 1.82) is 0 Å². The summed E-state index contributed by atoms with van der Waals surface area (Å²) in [7, 11) is -1.57. The molecule has 1 atom stereocenters. The highest BCUT2D eigenvalue weighted by atomic mass is 32.2. The molecule has 1 unspecified atom stereocenters. The molecule has 6 nitrogen and oxygen atoms in total. The SMILES string of the molecule is CC/C=C(\C=C(/CC)C(=O)O)S(=O)Nc1ccc(C=Nc2ccccc2N)cc1. The first kappa shape index (κ1) is 22.1. The third-order valence-electron chi connectivity index (χ3n) is 4.00. The minimum Gasteiger partial charge on any atom is -0.478 e. The van der Waals surface area contributed by atoms with Crippen LogP contribution in [0.2, 0.25) is 0 Å². The molecule has 0 aliphatic rings. The summed E-state index contributed by atoms with van der Waals surface area (Å²) in [4.78, 5) is 16.1. The fraction of sp³-hybridized carbons (Fsp3) is 0.182. The second-order valence-corrected chi connectivity index (χ2v) is 7.37. The quantitative estimate of drug-likeness (QED) is 0.238. The number of carbonyl (C=O) groups is 1. The molecular formula is C22H25N3O3S. The number of aliphatic carboxylic acids is 1. The summed E-state index contributed by atoms with van der Waals surface area (Å²) in [6.07, 6.45) is 5.94. The van der Waals surface area contributed by atoms with Gasteiger partial charge in [-0.15, -0.1) is 0 Å². The van der Waals surface area contributed by atoms with Crippen LogP contribution >= 0.6 is 0 Å². The van der Waals surface area contributed by atoms with Crippen LogP contribution in [0.5, 0.6) is 0 Å². The lowest BCUT2D eigenvalue weighted by atomic mass is 10.2. The lowest BCUT2D eigenvalue weighted by molar-refractivity contribution is -0.132. The molecule has 0 radical (unpaired) electrons. The summed E-state index contributed by atoms with van der Waals surface area (Å²) >= 11 is 0. The van der Waals surface area contributed by atoms with Gasteiger partial charge in [0.05, 0.1) is 16.3 Å². The van der Waals surface area contributed by atoms with Gasteiger partial charge in [-0.05, 0) is 48.7 Å². The first-order chi connectivity index (χ1) is 13.9. The molecule has 0 fully saturated rings. The second-order valence-electron chi connectivity index (χ2n) is 6.15. The molecule has 0 aromatic heterocycles. The molecule has 0 spiro atoms. The van der Waals surface area contributed by atoms with E-state index in [1.807, 2.05) is 37.3 Å². The molecule has 152 valence electrons. The Morgan fingerprint density at radius 2 is 1.86 bits per heavy atom. The zero-order chi connectivity index (χ0) is 21.2. The molecule has 7 heteroatoms. The number of para-hydroxylation sites is 2. The highest BCUT2D eigenvalue weighted by Crippen LogP contribution is 2.21. The van der Waals surface area contributed by atoms with Gasteiger partial charge in [0.1, 0.15) is 11.0 Å². The monoisotopic (exact) mass is 411 g/mol. The number of nitrogen functional groups attached to an aromatic ring is 1. The normalized spacial score (nSPS) is 13.4. The number of allylic oxidation sites excluding steroid dienone is 2. The summed E-state index contributed by atoms with van der Waals surface area (Å²) in [5, 5.41) is 9.21. The molecule has 0 amide bonds. The van der Waals surface area contributed by atoms with Crippen LogP contribution in [0, 0.1) is 0 Å². The van der Waals surface area contributed by atoms with E-state index < -0.39 is 17.0 Å². The molecule has 0 aliphatic carbocycles. The van der Waals surface area contributed by atoms with Crippen molar-refractivity contribution >= 4 is 40.2 Å². The maximum Gasteiger partial charge on any atom is 0.331 e. The number of hydrogen-bond acceptors (Lipinski definition) is 4. The van der Waals surface area contributed by atoms with Crippen molar-refractivity contribution in [1.82, 2.24) is 0 Å². The third kappa shape index (κ3) is 6.73. The van der Waals surface area contributed by atoms with E-state index in [0.29, 0.717) is 34.8 Å². The van der Waals surface area contributed by atoms with E-state index >= 15 is 0 Å². The Morgan fingerprint density at radius 3 is 2.45 bits per heavy atom. The van der Waals surface area contributed by atoms with E-state index in [-0.39, 0.29) is 5.57 Å². The van der Waals surface area contributed by atoms with Crippen molar-refractivity contribution in [2.24, 2.45) is 4.99 Å². The van der Waals surface area contributed by atoms with Crippen molar-refractivity contribution in [3.05, 3.63) is 76.7 Å². The molecule has 0 saturated heterocycles. The predicted octanol–water partition coefficient (Wildman–Crippen LogP) is 4.81. The van der Waals surface area contributed by atoms with Gasteiger partial charge in [0, 0.05) is 17.5 Å². The number of nitrogens with one attached hydrogen (secondary N) is 1. The predicted molar refractivity (Wildman–Crippen MR) is 121 cm³/mol. The Kier molecular flexibility index (Phi) is 8.36. The van der Waals surface area contributed by atoms with E-state index in [1.54, 1.807) is 37.4 Å². The van der Waals surface area contributed by atoms with Crippen LogP contribution in [-0.2, 0) is 15.8 Å². The van der Waals surface area contributed by atoms with E-state index in [2.05, 4.69) is 9.71 Å². The van der Waals surface area contributed by atoms with Crippen molar-refractivity contribution < 1.29 is 14.1 Å². The summed E-state index contributed by atoms with van der Waals surface area (Å²) in [6.45, 7) is 3.66. The van der Waals surface area contributed by atoms with Gasteiger partial charge in [0.15, 0.2) is 0 Å². The molecule has 0 heterocycles. The molecule has 0 bridgehead atoms. The van der Waals surface area contributed by atoms with E-state index in [9.17, 15) is 14.1 Å². The van der Waals surface area contributed by atoms with Crippen LogP contribution in [0.3, 0.4) is 0 Å². The Labute approximate surface area is 173 Å². The van der Waals surface area contributed by atoms with Crippen molar-refractivity contribution in [3.63, 3.8) is 0 Å². The first-order valence-corrected chi connectivity index (χ1v) is 10.4. The molecule has 2 aromatic carbocycles. The number of anilines is 2. The standard InChI is InChI=1S/C22H25N3O3S/c1-3-7-19(14-17(4-2)22(26)27)29(28)25-18-12-10-16(11-13-18)15-24-21-9-6-5-8-20(21)23/h5-15,25H,3-4,23H2,1-2H3,(H,26,27)/b17-14+,19-7+,24-15?. The average molecular weight is 412 g/mol. The van der Waals surface area contributed by atoms with Gasteiger partial charge >= 0.3 is 5.97 Å². The summed E-state index contributed by atoms with van der Waals surface area (Å²) in [5.41, 5.74) is 8.92. The number of carboxylic acids is 1. The van der Waals surface area contributed by atoms with Gasteiger partial charge in [0.25, 0.3) is 0 Å². The zero-order valence-corrected chi connectivity index (χ0v) is 17.3. The van der Waals surface area contributed by atoms with Crippen LogP contribution in [0.1, 0.15) is 32.3 Å². The van der Waals surface area contributed by atoms with Gasteiger partial charge in [-0.25, -0.2) is 9.00 Å².